The van der Waals surface area contributed by atoms with Gasteiger partial charge in [-0.2, -0.15) is 5.21 Å². The number of unbranched alkanes of at least 4 members (excludes halogenated alkanes) is 2. The Morgan fingerprint density at radius 3 is 2.58 bits per heavy atom. The van der Waals surface area contributed by atoms with Gasteiger partial charge in [-0.1, -0.05) is 63.4 Å². The Kier molecular flexibility index (Phi) is 7.02. The van der Waals surface area contributed by atoms with Crippen molar-refractivity contribution in [3.8, 4) is 22.6 Å². The molecule has 0 saturated heterocycles. The molecule has 1 N–H and O–H groups in total. The van der Waals surface area contributed by atoms with E-state index in [4.69, 9.17) is 9.98 Å². The molecule has 1 aromatic carbocycles. The minimum Gasteiger partial charge on any atom is -0.354 e. The van der Waals surface area contributed by atoms with Crippen LogP contribution < -0.4 is 0 Å². The lowest BCUT2D eigenvalue weighted by atomic mass is 10.0. The van der Waals surface area contributed by atoms with Crippen LogP contribution in [0, 0.1) is 0 Å². The van der Waals surface area contributed by atoms with Crippen molar-refractivity contribution in [1.29, 1.82) is 0 Å². The lowest BCUT2D eigenvalue weighted by molar-refractivity contribution is 0.398. The Balaban J connectivity index is 1.48. The molecular formula is C24H31N7. The smallest absolute Gasteiger partial charge is 0.205 e. The minimum absolute atomic E-state index is 0.445. The van der Waals surface area contributed by atoms with Gasteiger partial charge in [-0.25, -0.2) is 0 Å². The Morgan fingerprint density at radius 2 is 1.87 bits per heavy atom. The monoisotopic (exact) mass is 417 g/mol. The van der Waals surface area contributed by atoms with Crippen molar-refractivity contribution < 1.29 is 0 Å². The first-order valence-electron chi connectivity index (χ1n) is 11.4. The lowest BCUT2D eigenvalue weighted by Gasteiger charge is -2.21. The highest BCUT2D eigenvalue weighted by Crippen LogP contribution is 2.28. The Labute approximate surface area is 184 Å². The van der Waals surface area contributed by atoms with Crippen molar-refractivity contribution in [3.05, 3.63) is 48.2 Å². The largest absolute Gasteiger partial charge is 0.354 e. The fourth-order valence-corrected chi connectivity index (χ4v) is 4.08. The SMILES string of the molecule is CCCCC1=NC(CCCC)CN1Cc1ccc(-c2ccccc2-c2nn[nH]n2)nc1. The number of tetrazole rings is 1. The van der Waals surface area contributed by atoms with Gasteiger partial charge < -0.3 is 4.90 Å². The summed E-state index contributed by atoms with van der Waals surface area (Å²) in [5.41, 5.74) is 4.04. The Morgan fingerprint density at radius 1 is 1.03 bits per heavy atom. The molecule has 3 aromatic rings. The number of aromatic nitrogens is 5. The summed E-state index contributed by atoms with van der Waals surface area (Å²) in [4.78, 5) is 12.3. The number of nitrogens with zero attached hydrogens (tertiary/aromatic N) is 6. The van der Waals surface area contributed by atoms with Crippen molar-refractivity contribution in [3.63, 3.8) is 0 Å². The summed E-state index contributed by atoms with van der Waals surface area (Å²) in [7, 11) is 0. The van der Waals surface area contributed by atoms with Gasteiger partial charge in [0, 0.05) is 36.8 Å². The molecule has 0 aliphatic carbocycles. The number of amidine groups is 1. The van der Waals surface area contributed by atoms with E-state index in [1.54, 1.807) is 0 Å². The van der Waals surface area contributed by atoms with Crippen LogP contribution in [0.3, 0.4) is 0 Å². The van der Waals surface area contributed by atoms with E-state index in [1.165, 1.54) is 43.5 Å². The van der Waals surface area contributed by atoms with Gasteiger partial charge >= 0.3 is 0 Å². The van der Waals surface area contributed by atoms with Crippen LogP contribution in [0.15, 0.2) is 47.6 Å². The Hall–Kier alpha value is -3.09. The fourth-order valence-electron chi connectivity index (χ4n) is 4.08. The number of benzene rings is 1. The molecule has 2 aromatic heterocycles. The van der Waals surface area contributed by atoms with Gasteiger partial charge in [0.25, 0.3) is 0 Å². The minimum atomic E-state index is 0.445. The highest BCUT2D eigenvalue weighted by Gasteiger charge is 2.24. The van der Waals surface area contributed by atoms with Crippen LogP contribution in [0.2, 0.25) is 0 Å². The Bertz CT molecular complexity index is 979. The fraction of sp³-hybridized carbons (Fsp3) is 0.458. The molecule has 1 aliphatic heterocycles. The van der Waals surface area contributed by atoms with Gasteiger partial charge in [0.1, 0.15) is 0 Å². The number of H-pyrrole nitrogens is 1. The first kappa shape index (κ1) is 21.2. The van der Waals surface area contributed by atoms with Crippen LogP contribution in [-0.4, -0.2) is 48.9 Å². The summed E-state index contributed by atoms with van der Waals surface area (Å²) in [6.45, 7) is 6.38. The van der Waals surface area contributed by atoms with Crippen LogP contribution >= 0.6 is 0 Å². The molecule has 162 valence electrons. The average molecular weight is 418 g/mol. The van der Waals surface area contributed by atoms with E-state index < -0.39 is 0 Å². The van der Waals surface area contributed by atoms with Crippen LogP contribution in [0.25, 0.3) is 22.6 Å². The number of aliphatic imine (C=N–C) groups is 1. The van der Waals surface area contributed by atoms with Gasteiger partial charge in [-0.3, -0.25) is 9.98 Å². The zero-order valence-corrected chi connectivity index (χ0v) is 18.5. The van der Waals surface area contributed by atoms with E-state index in [1.807, 2.05) is 30.5 Å². The quantitative estimate of drug-likeness (QED) is 0.508. The first-order valence-corrected chi connectivity index (χ1v) is 11.4. The molecule has 0 spiro atoms. The maximum Gasteiger partial charge on any atom is 0.205 e. The van der Waals surface area contributed by atoms with Crippen molar-refractivity contribution in [1.82, 2.24) is 30.5 Å². The molecule has 31 heavy (non-hydrogen) atoms. The highest BCUT2D eigenvalue weighted by atomic mass is 15.5. The predicted octanol–water partition coefficient (Wildman–Crippen LogP) is 4.89. The van der Waals surface area contributed by atoms with Crippen LogP contribution in [0.1, 0.15) is 57.9 Å². The van der Waals surface area contributed by atoms with Crippen LogP contribution in [0.4, 0.5) is 0 Å². The van der Waals surface area contributed by atoms with Crippen LogP contribution in [0.5, 0.6) is 0 Å². The molecule has 0 radical (unpaired) electrons. The third-order valence-electron chi connectivity index (χ3n) is 5.76. The van der Waals surface area contributed by atoms with E-state index >= 15 is 0 Å². The van der Waals surface area contributed by atoms with Crippen molar-refractivity contribution in [2.75, 3.05) is 6.54 Å². The molecule has 0 saturated carbocycles. The van der Waals surface area contributed by atoms with Gasteiger partial charge in [0.2, 0.25) is 5.82 Å². The summed E-state index contributed by atoms with van der Waals surface area (Å²) in [6.07, 6.45) is 9.11. The second-order valence-electron chi connectivity index (χ2n) is 8.16. The lowest BCUT2D eigenvalue weighted by Crippen LogP contribution is -2.29. The van der Waals surface area contributed by atoms with Gasteiger partial charge in [0.05, 0.1) is 17.6 Å². The third kappa shape index (κ3) is 5.16. The van der Waals surface area contributed by atoms with Crippen molar-refractivity contribution in [2.24, 2.45) is 4.99 Å². The van der Waals surface area contributed by atoms with Gasteiger partial charge in [-0.05, 0) is 29.7 Å². The summed E-state index contributed by atoms with van der Waals surface area (Å²) in [5, 5.41) is 14.5. The molecule has 1 atom stereocenters. The second-order valence-corrected chi connectivity index (χ2v) is 8.16. The highest BCUT2D eigenvalue weighted by molar-refractivity contribution is 5.84. The summed E-state index contributed by atoms with van der Waals surface area (Å²) >= 11 is 0. The zero-order chi connectivity index (χ0) is 21.5. The predicted molar refractivity (Wildman–Crippen MR) is 124 cm³/mol. The van der Waals surface area contributed by atoms with Gasteiger partial charge in [0.15, 0.2) is 0 Å². The molecule has 0 amide bonds. The third-order valence-corrected chi connectivity index (χ3v) is 5.76. The van der Waals surface area contributed by atoms with E-state index in [9.17, 15) is 0 Å². The normalized spacial score (nSPS) is 16.0. The summed E-state index contributed by atoms with van der Waals surface area (Å²) in [6, 6.07) is 12.7. The number of hydrogen-bond donors (Lipinski definition) is 1. The number of nitrogens with one attached hydrogen (secondary N) is 1. The molecule has 4 rings (SSSR count). The molecule has 7 nitrogen and oxygen atoms in total. The van der Waals surface area contributed by atoms with E-state index in [0.29, 0.717) is 11.9 Å². The first-order chi connectivity index (χ1) is 15.3. The summed E-state index contributed by atoms with van der Waals surface area (Å²) < 4.78 is 0. The number of aromatic amines is 1. The maximum atomic E-state index is 5.05. The molecule has 7 heteroatoms. The van der Waals surface area contributed by atoms with Crippen LogP contribution in [-0.2, 0) is 6.54 Å². The van der Waals surface area contributed by atoms with Gasteiger partial charge in [-0.15, -0.1) is 10.2 Å². The number of rotatable bonds is 10. The molecule has 1 aliphatic rings. The van der Waals surface area contributed by atoms with Crippen molar-refractivity contribution >= 4 is 5.84 Å². The molecular weight excluding hydrogens is 386 g/mol. The zero-order valence-electron chi connectivity index (χ0n) is 18.5. The standard InChI is InChI=1S/C24H31N7/c1-3-5-9-19-17-31(23(26-19)12-6-4-2)16-18-13-14-22(25-15-18)20-10-7-8-11-21(20)24-27-29-30-28-24/h7-8,10-11,13-15,19H,3-6,9,12,16-17H2,1-2H3,(H,27,28,29,30). The van der Waals surface area contributed by atoms with E-state index in [0.717, 1.165) is 36.3 Å². The van der Waals surface area contributed by atoms with Crippen molar-refractivity contribution in [2.45, 2.75) is 65.0 Å². The topological polar surface area (TPSA) is 83.0 Å². The number of pyridine rings is 1. The average Bonchev–Trinajstić information content (AvgIpc) is 3.47. The second kappa shape index (κ2) is 10.3. The van der Waals surface area contributed by atoms with E-state index in [2.05, 4.69) is 51.5 Å². The maximum absolute atomic E-state index is 5.05. The molecule has 3 heterocycles. The van der Waals surface area contributed by atoms with E-state index in [-0.39, 0.29) is 0 Å². The molecule has 0 fully saturated rings. The molecule has 0 bridgehead atoms. The summed E-state index contributed by atoms with van der Waals surface area (Å²) in [5.74, 6) is 1.85. The number of hydrogen-bond acceptors (Lipinski definition) is 6. The molecule has 1 unspecified atom stereocenters.